The molecule has 0 saturated carbocycles. The maximum absolute atomic E-state index is 12.4. The normalized spacial score (nSPS) is 12.2. The van der Waals surface area contributed by atoms with Gasteiger partial charge in [0, 0.05) is 38.4 Å². The summed E-state index contributed by atoms with van der Waals surface area (Å²) in [7, 11) is -14.7. The van der Waals surface area contributed by atoms with Gasteiger partial charge in [-0.3, -0.25) is 13.7 Å². The fourth-order valence-corrected chi connectivity index (χ4v) is 8.31. The Morgan fingerprint density at radius 1 is 0.479 bits per heavy atom. The van der Waals surface area contributed by atoms with Crippen molar-refractivity contribution >= 4 is 151 Å². The van der Waals surface area contributed by atoms with E-state index in [4.69, 9.17) is 4.74 Å². The van der Waals surface area contributed by atoms with Gasteiger partial charge in [0.25, 0.3) is 30.4 Å². The summed E-state index contributed by atoms with van der Waals surface area (Å²) < 4.78 is 110. The molecular formula is C32H45Na3O10S3. The van der Waals surface area contributed by atoms with Crippen molar-refractivity contribution in [1.82, 2.24) is 0 Å². The van der Waals surface area contributed by atoms with Crippen molar-refractivity contribution in [1.29, 1.82) is 0 Å². The zero-order chi connectivity index (χ0) is 32.8. The van der Waals surface area contributed by atoms with Crippen LogP contribution in [0, 0.1) is 0 Å². The molecule has 4 aromatic carbocycles. The molecule has 0 atom stereocenters. The van der Waals surface area contributed by atoms with Crippen LogP contribution in [0.4, 0.5) is 0 Å². The van der Waals surface area contributed by atoms with Crippen molar-refractivity contribution in [3.05, 3.63) is 36.4 Å². The molecule has 0 radical (unpaired) electrons. The second kappa shape index (κ2) is 20.6. The summed E-state index contributed by atoms with van der Waals surface area (Å²) in [6, 6.07) is 7.17. The van der Waals surface area contributed by atoms with Gasteiger partial charge >= 0.3 is 88.7 Å². The molecule has 4 rings (SSSR count). The van der Waals surface area contributed by atoms with Gasteiger partial charge in [-0.1, -0.05) is 109 Å². The van der Waals surface area contributed by atoms with Crippen molar-refractivity contribution in [2.75, 3.05) is 6.61 Å². The Hall–Kier alpha value is 0.450. The summed E-state index contributed by atoms with van der Waals surface area (Å²) in [4.78, 5) is -2.07. The predicted octanol–water partition coefficient (Wildman–Crippen LogP) is 6.24. The first-order valence-corrected chi connectivity index (χ1v) is 19.9. The molecule has 16 heteroatoms. The molecule has 0 saturated heterocycles. The van der Waals surface area contributed by atoms with E-state index in [1.807, 2.05) is 0 Å². The molecule has 0 heterocycles. The summed E-state index contributed by atoms with van der Waals surface area (Å²) in [6.45, 7) is 2.48. The Kier molecular flexibility index (Phi) is 20.0. The Balaban J connectivity index is 0.00000384. The molecule has 0 spiro atoms. The molecule has 0 aliphatic carbocycles. The van der Waals surface area contributed by atoms with E-state index in [-0.39, 0.29) is 128 Å². The molecule has 48 heavy (non-hydrogen) atoms. The van der Waals surface area contributed by atoms with E-state index in [1.165, 1.54) is 94.5 Å². The number of ether oxygens (including phenoxy) is 1. The Morgan fingerprint density at radius 3 is 1.17 bits per heavy atom. The third-order valence-electron chi connectivity index (χ3n) is 8.34. The van der Waals surface area contributed by atoms with Crippen LogP contribution in [0.2, 0.25) is 0 Å². The number of unbranched alkanes of at least 4 members (excludes halogenated alkanes) is 13. The molecule has 0 amide bonds. The Labute approximate surface area is 351 Å². The molecule has 254 valence electrons. The minimum absolute atomic E-state index is 0. The van der Waals surface area contributed by atoms with E-state index in [1.54, 1.807) is 0 Å². The molecule has 0 bridgehead atoms. The van der Waals surface area contributed by atoms with Crippen molar-refractivity contribution in [2.24, 2.45) is 0 Å². The third kappa shape index (κ3) is 12.0. The van der Waals surface area contributed by atoms with Crippen LogP contribution in [0.3, 0.4) is 0 Å². The molecule has 10 nitrogen and oxygen atoms in total. The number of hydrogen-bond acceptors (Lipinski definition) is 7. The van der Waals surface area contributed by atoms with Crippen molar-refractivity contribution in [2.45, 2.75) is 112 Å². The molecule has 0 unspecified atom stereocenters. The van der Waals surface area contributed by atoms with Crippen molar-refractivity contribution in [3.8, 4) is 5.75 Å². The Morgan fingerprint density at radius 2 is 0.792 bits per heavy atom. The van der Waals surface area contributed by atoms with Crippen LogP contribution >= 0.6 is 0 Å². The zero-order valence-corrected chi connectivity index (χ0v) is 27.9. The fraction of sp³-hybridized carbons (Fsp3) is 0.500. The first-order chi connectivity index (χ1) is 21.2. The summed E-state index contributed by atoms with van der Waals surface area (Å²) >= 11 is 0. The SMILES string of the molecule is CCCCCCCCCCCCCCCCOc1cc(S(=O)(=O)O)c2ccc3c(S(=O)(=O)O)cc(S(=O)(=O)O)c4ccc1c2c43.[NaH].[NaH].[NaH]. The van der Waals surface area contributed by atoms with Gasteiger partial charge in [-0.2, -0.15) is 25.3 Å². The summed E-state index contributed by atoms with van der Waals surface area (Å²) in [6.07, 6.45) is 16.6. The first-order valence-electron chi connectivity index (χ1n) is 15.6. The van der Waals surface area contributed by atoms with Gasteiger partial charge in [-0.15, -0.1) is 0 Å². The maximum atomic E-state index is 12.4. The summed E-state index contributed by atoms with van der Waals surface area (Å²) in [5, 5.41) is 0.218. The van der Waals surface area contributed by atoms with Crippen LogP contribution in [-0.2, 0) is 30.4 Å². The van der Waals surface area contributed by atoms with Crippen LogP contribution < -0.4 is 4.74 Å². The summed E-state index contributed by atoms with van der Waals surface area (Å²) in [5.74, 6) is 0.102. The number of rotatable bonds is 19. The van der Waals surface area contributed by atoms with E-state index in [0.717, 1.165) is 19.3 Å². The van der Waals surface area contributed by atoms with Gasteiger partial charge in [-0.05, 0) is 18.6 Å². The second-order valence-electron chi connectivity index (χ2n) is 11.7. The summed E-state index contributed by atoms with van der Waals surface area (Å²) in [5.41, 5.74) is 0. The van der Waals surface area contributed by atoms with E-state index in [9.17, 15) is 38.9 Å². The average molecular weight is 755 g/mol. The van der Waals surface area contributed by atoms with Crippen molar-refractivity contribution in [3.63, 3.8) is 0 Å². The van der Waals surface area contributed by atoms with Crippen molar-refractivity contribution < 1.29 is 43.6 Å². The van der Waals surface area contributed by atoms with E-state index < -0.39 is 45.0 Å². The topological polar surface area (TPSA) is 172 Å². The van der Waals surface area contributed by atoms with Gasteiger partial charge in [0.15, 0.2) is 0 Å². The van der Waals surface area contributed by atoms with Crippen LogP contribution in [0.15, 0.2) is 51.1 Å². The van der Waals surface area contributed by atoms with Crippen LogP contribution in [0.1, 0.15) is 96.8 Å². The third-order valence-corrected chi connectivity index (χ3v) is 11.0. The standard InChI is InChI=1S/C32H42O10S3.3Na.3H/c1-2-3-4-5-6-7-8-9-10-11-12-13-14-15-20-42-27-21-28(43(33,34)35)24-18-19-26-30(45(39,40)41)22-29(44(36,37)38)25-17-16-23(27)31(24)32(25)26;;;;;;/h16-19,21-22H,2-15,20H2,1H3,(H,33,34,35)(H,36,37,38)(H,39,40,41);;;;;;. The molecule has 0 aliphatic heterocycles. The van der Waals surface area contributed by atoms with Gasteiger partial charge < -0.3 is 4.74 Å². The van der Waals surface area contributed by atoms with E-state index in [2.05, 4.69) is 6.92 Å². The minimum atomic E-state index is -4.97. The van der Waals surface area contributed by atoms with Gasteiger partial charge in [-0.25, -0.2) is 0 Å². The molecule has 0 fully saturated rings. The van der Waals surface area contributed by atoms with Gasteiger partial charge in [0.1, 0.15) is 20.4 Å². The molecule has 4 aromatic rings. The average Bonchev–Trinajstić information content (AvgIpc) is 2.96. The first kappa shape index (κ1) is 46.5. The Bertz CT molecular complexity index is 1910. The van der Waals surface area contributed by atoms with Crippen LogP contribution in [0.25, 0.3) is 32.3 Å². The van der Waals surface area contributed by atoms with Crippen LogP contribution in [-0.4, -0.2) is 134 Å². The predicted molar refractivity (Wildman–Crippen MR) is 197 cm³/mol. The monoisotopic (exact) mass is 754 g/mol. The zero-order valence-electron chi connectivity index (χ0n) is 25.5. The second-order valence-corrected chi connectivity index (χ2v) is 15.9. The van der Waals surface area contributed by atoms with E-state index in [0.29, 0.717) is 17.9 Å². The van der Waals surface area contributed by atoms with Crippen LogP contribution in [0.5, 0.6) is 5.75 Å². The number of hydrogen-bond donors (Lipinski definition) is 3. The van der Waals surface area contributed by atoms with Gasteiger partial charge in [0.2, 0.25) is 0 Å². The molecule has 0 aliphatic rings. The van der Waals surface area contributed by atoms with Gasteiger partial charge in [0.05, 0.1) is 6.61 Å². The van der Waals surface area contributed by atoms with E-state index >= 15 is 0 Å². The molecular weight excluding hydrogens is 710 g/mol. The molecule has 0 aromatic heterocycles. The number of benzene rings is 4. The fourth-order valence-electron chi connectivity index (χ4n) is 6.10. The quantitative estimate of drug-likeness (QED) is 0.0431. The molecule has 3 N–H and O–H groups in total.